The van der Waals surface area contributed by atoms with Crippen LogP contribution in [0.1, 0.15) is 11.3 Å². The van der Waals surface area contributed by atoms with E-state index in [2.05, 4.69) is 15.3 Å². The van der Waals surface area contributed by atoms with Crippen LogP contribution in [0.15, 0.2) is 30.6 Å². The van der Waals surface area contributed by atoms with Crippen LogP contribution in [0, 0.1) is 12.7 Å². The minimum Gasteiger partial charge on any atom is -0.377 e. The lowest BCUT2D eigenvalue weighted by molar-refractivity contribution is 0.629. The molecule has 1 aromatic carbocycles. The maximum Gasteiger partial charge on any atom is 0.147 e. The van der Waals surface area contributed by atoms with Gasteiger partial charge in [-0.15, -0.1) is 0 Å². The number of aromatic nitrogens is 2. The van der Waals surface area contributed by atoms with Crippen LogP contribution in [0.3, 0.4) is 0 Å². The van der Waals surface area contributed by atoms with Gasteiger partial charge in [-0.1, -0.05) is 17.7 Å². The van der Waals surface area contributed by atoms with Crippen LogP contribution in [0.25, 0.3) is 0 Å². The number of halogens is 2. The molecule has 0 bridgehead atoms. The van der Waals surface area contributed by atoms with Gasteiger partial charge in [0.2, 0.25) is 0 Å². The molecule has 2 aromatic rings. The minimum atomic E-state index is -0.271. The number of anilines is 1. The molecule has 0 fully saturated rings. The van der Waals surface area contributed by atoms with Crippen LogP contribution < -0.4 is 5.32 Å². The lowest BCUT2D eigenvalue weighted by Gasteiger charge is -2.07. The summed E-state index contributed by atoms with van der Waals surface area (Å²) in [6.07, 6.45) is 3.02. The predicted octanol–water partition coefficient (Wildman–Crippen LogP) is 3.19. The topological polar surface area (TPSA) is 37.8 Å². The highest BCUT2D eigenvalue weighted by Crippen LogP contribution is 2.15. The zero-order valence-electron chi connectivity index (χ0n) is 9.24. The van der Waals surface area contributed by atoms with Crippen LogP contribution in [-0.4, -0.2) is 9.97 Å². The summed E-state index contributed by atoms with van der Waals surface area (Å²) in [5, 5.41) is 3.30. The Morgan fingerprint density at radius 2 is 2.12 bits per heavy atom. The highest BCUT2D eigenvalue weighted by atomic mass is 35.5. The number of nitrogens with zero attached hydrogens (tertiary/aromatic N) is 2. The molecular formula is C12H11ClFN3. The van der Waals surface area contributed by atoms with Crippen molar-refractivity contribution >= 4 is 17.3 Å². The lowest BCUT2D eigenvalue weighted by Crippen LogP contribution is -2.03. The van der Waals surface area contributed by atoms with E-state index in [0.717, 1.165) is 5.56 Å². The third-order valence-electron chi connectivity index (χ3n) is 2.26. The lowest BCUT2D eigenvalue weighted by atomic mass is 10.2. The molecule has 17 heavy (non-hydrogen) atoms. The first kappa shape index (κ1) is 11.8. The average Bonchev–Trinajstić information content (AvgIpc) is 2.30. The first-order chi connectivity index (χ1) is 8.15. The van der Waals surface area contributed by atoms with Crippen LogP contribution in [0.2, 0.25) is 5.15 Å². The second-order valence-corrected chi connectivity index (χ2v) is 4.05. The second kappa shape index (κ2) is 5.10. The van der Waals surface area contributed by atoms with Crippen molar-refractivity contribution in [3.05, 3.63) is 52.8 Å². The number of hydrogen-bond donors (Lipinski definition) is 1. The minimum absolute atomic E-state index is 0.271. The Balaban J connectivity index is 2.04. The molecule has 1 heterocycles. The molecule has 1 aromatic heterocycles. The Morgan fingerprint density at radius 3 is 2.76 bits per heavy atom. The summed E-state index contributed by atoms with van der Waals surface area (Å²) in [4.78, 5) is 7.96. The molecule has 0 saturated carbocycles. The molecule has 0 radical (unpaired) electrons. The smallest absolute Gasteiger partial charge is 0.147 e. The van der Waals surface area contributed by atoms with E-state index >= 15 is 0 Å². The molecule has 3 nitrogen and oxygen atoms in total. The maximum absolute atomic E-state index is 13.5. The van der Waals surface area contributed by atoms with Crippen LogP contribution in [0.5, 0.6) is 0 Å². The Morgan fingerprint density at radius 1 is 1.29 bits per heavy atom. The molecule has 0 saturated heterocycles. The van der Waals surface area contributed by atoms with Crippen molar-refractivity contribution in [3.63, 3.8) is 0 Å². The van der Waals surface area contributed by atoms with Crippen molar-refractivity contribution < 1.29 is 4.39 Å². The SMILES string of the molecule is Cc1ccc(NCc2cnc(Cl)cn2)c(F)c1. The Labute approximate surface area is 104 Å². The van der Waals surface area contributed by atoms with Crippen molar-refractivity contribution in [2.24, 2.45) is 0 Å². The second-order valence-electron chi connectivity index (χ2n) is 3.67. The van der Waals surface area contributed by atoms with E-state index in [1.165, 1.54) is 12.3 Å². The first-order valence-corrected chi connectivity index (χ1v) is 5.49. The largest absolute Gasteiger partial charge is 0.377 e. The van der Waals surface area contributed by atoms with E-state index in [1.807, 2.05) is 13.0 Å². The summed E-state index contributed by atoms with van der Waals surface area (Å²) in [7, 11) is 0. The zero-order valence-corrected chi connectivity index (χ0v) is 10.0. The third kappa shape index (κ3) is 3.14. The molecule has 1 N–H and O–H groups in total. The zero-order chi connectivity index (χ0) is 12.3. The predicted molar refractivity (Wildman–Crippen MR) is 65.5 cm³/mol. The average molecular weight is 252 g/mol. The number of hydrogen-bond acceptors (Lipinski definition) is 3. The van der Waals surface area contributed by atoms with Gasteiger partial charge in [0.1, 0.15) is 11.0 Å². The van der Waals surface area contributed by atoms with E-state index < -0.39 is 0 Å². The Hall–Kier alpha value is -1.68. The molecule has 0 amide bonds. The summed E-state index contributed by atoms with van der Waals surface area (Å²) in [6.45, 7) is 2.25. The van der Waals surface area contributed by atoms with Gasteiger partial charge in [0.15, 0.2) is 0 Å². The highest BCUT2D eigenvalue weighted by molar-refractivity contribution is 6.29. The van der Waals surface area contributed by atoms with Gasteiger partial charge in [-0.25, -0.2) is 9.37 Å². The van der Waals surface area contributed by atoms with Crippen LogP contribution in [-0.2, 0) is 6.54 Å². The summed E-state index contributed by atoms with van der Waals surface area (Å²) in [5.41, 5.74) is 2.04. The van der Waals surface area contributed by atoms with Crippen molar-refractivity contribution in [2.45, 2.75) is 13.5 Å². The van der Waals surface area contributed by atoms with Crippen molar-refractivity contribution in [1.82, 2.24) is 9.97 Å². The normalized spacial score (nSPS) is 10.3. The standard InChI is InChI=1S/C12H11ClFN3/c1-8-2-3-11(10(14)4-8)16-5-9-6-17-12(13)7-15-9/h2-4,6-7,16H,5H2,1H3. The van der Waals surface area contributed by atoms with Crippen LogP contribution >= 0.6 is 11.6 Å². The van der Waals surface area contributed by atoms with Gasteiger partial charge in [0.25, 0.3) is 0 Å². The fourth-order valence-corrected chi connectivity index (χ4v) is 1.48. The summed E-state index contributed by atoms with van der Waals surface area (Å²) < 4.78 is 13.5. The van der Waals surface area contributed by atoms with Gasteiger partial charge in [-0.05, 0) is 24.6 Å². The van der Waals surface area contributed by atoms with Crippen molar-refractivity contribution in [2.75, 3.05) is 5.32 Å². The Kier molecular flexibility index (Phi) is 3.54. The molecule has 0 spiro atoms. The fourth-order valence-electron chi connectivity index (χ4n) is 1.38. The summed E-state index contributed by atoms with van der Waals surface area (Å²) in [5.74, 6) is -0.271. The van der Waals surface area contributed by atoms with Crippen molar-refractivity contribution in [1.29, 1.82) is 0 Å². The van der Waals surface area contributed by atoms with Gasteiger partial charge >= 0.3 is 0 Å². The number of aryl methyl sites for hydroxylation is 1. The van der Waals surface area contributed by atoms with E-state index in [1.54, 1.807) is 12.3 Å². The van der Waals surface area contributed by atoms with E-state index in [9.17, 15) is 4.39 Å². The molecule has 5 heteroatoms. The van der Waals surface area contributed by atoms with Gasteiger partial charge in [-0.2, -0.15) is 0 Å². The van der Waals surface area contributed by atoms with Gasteiger partial charge < -0.3 is 5.32 Å². The molecule has 0 aliphatic heterocycles. The molecule has 0 aliphatic carbocycles. The number of nitrogens with one attached hydrogen (secondary N) is 1. The molecular weight excluding hydrogens is 241 g/mol. The molecule has 2 rings (SSSR count). The quantitative estimate of drug-likeness (QED) is 0.910. The molecule has 0 atom stereocenters. The fraction of sp³-hybridized carbons (Fsp3) is 0.167. The van der Waals surface area contributed by atoms with Gasteiger partial charge in [0, 0.05) is 0 Å². The summed E-state index contributed by atoms with van der Waals surface area (Å²) >= 11 is 5.62. The molecule has 0 aliphatic rings. The van der Waals surface area contributed by atoms with E-state index in [4.69, 9.17) is 11.6 Å². The third-order valence-corrected chi connectivity index (χ3v) is 2.45. The maximum atomic E-state index is 13.5. The van der Waals surface area contributed by atoms with E-state index in [0.29, 0.717) is 23.1 Å². The van der Waals surface area contributed by atoms with Crippen molar-refractivity contribution in [3.8, 4) is 0 Å². The van der Waals surface area contributed by atoms with Crippen LogP contribution in [0.4, 0.5) is 10.1 Å². The molecule has 88 valence electrons. The van der Waals surface area contributed by atoms with Gasteiger partial charge in [-0.3, -0.25) is 4.98 Å². The van der Waals surface area contributed by atoms with Gasteiger partial charge in [0.05, 0.1) is 30.3 Å². The highest BCUT2D eigenvalue weighted by Gasteiger charge is 2.02. The molecule has 0 unspecified atom stereocenters. The summed E-state index contributed by atoms with van der Waals surface area (Å²) in [6, 6.07) is 5.03. The number of rotatable bonds is 3. The first-order valence-electron chi connectivity index (χ1n) is 5.11. The monoisotopic (exact) mass is 251 g/mol. The van der Waals surface area contributed by atoms with E-state index in [-0.39, 0.29) is 5.82 Å². The Bertz CT molecular complexity index is 514. The number of benzene rings is 1.